The molecule has 1 aromatic carbocycles. The van der Waals surface area contributed by atoms with Crippen LogP contribution in [0.4, 0.5) is 5.69 Å². The second-order valence-corrected chi connectivity index (χ2v) is 5.98. The summed E-state index contributed by atoms with van der Waals surface area (Å²) in [4.78, 5) is 11.4. The molecular weight excluding hydrogens is 254 g/mol. The van der Waals surface area contributed by atoms with E-state index in [2.05, 4.69) is 36.3 Å². The highest BCUT2D eigenvalue weighted by Gasteiger charge is 2.24. The van der Waals surface area contributed by atoms with E-state index in [0.29, 0.717) is 11.2 Å². The van der Waals surface area contributed by atoms with Crippen LogP contribution < -0.4 is 5.32 Å². The highest BCUT2D eigenvalue weighted by atomic mass is 16.4. The summed E-state index contributed by atoms with van der Waals surface area (Å²) in [5, 5.41) is 21.2. The lowest BCUT2D eigenvalue weighted by molar-refractivity contribution is 0.0690. The molecule has 0 amide bonds. The SMILES string of the molecule is CC(Nc1c(C(=O)O)nnc2ccccc12)C(C)(C)C. The second-order valence-electron chi connectivity index (χ2n) is 5.98. The number of hydrogen-bond acceptors (Lipinski definition) is 4. The highest BCUT2D eigenvalue weighted by molar-refractivity contribution is 6.02. The number of carboxylic acids is 1. The van der Waals surface area contributed by atoms with Crippen LogP contribution in [-0.2, 0) is 0 Å². The van der Waals surface area contributed by atoms with Crippen LogP contribution in [0.15, 0.2) is 24.3 Å². The molecule has 0 aliphatic carbocycles. The summed E-state index contributed by atoms with van der Waals surface area (Å²) in [6, 6.07) is 7.49. The summed E-state index contributed by atoms with van der Waals surface area (Å²) in [7, 11) is 0. The molecule has 2 N–H and O–H groups in total. The van der Waals surface area contributed by atoms with Crippen molar-refractivity contribution in [1.82, 2.24) is 10.2 Å². The van der Waals surface area contributed by atoms with E-state index in [0.717, 1.165) is 5.39 Å². The number of fused-ring (bicyclic) bond motifs is 1. The van der Waals surface area contributed by atoms with Gasteiger partial charge in [0.15, 0.2) is 5.69 Å². The number of anilines is 1. The highest BCUT2D eigenvalue weighted by Crippen LogP contribution is 2.29. The average molecular weight is 273 g/mol. The molecule has 0 aliphatic rings. The van der Waals surface area contributed by atoms with E-state index in [1.165, 1.54) is 0 Å². The molecule has 2 rings (SSSR count). The maximum atomic E-state index is 11.4. The zero-order valence-electron chi connectivity index (χ0n) is 12.1. The van der Waals surface area contributed by atoms with Gasteiger partial charge in [-0.1, -0.05) is 39.0 Å². The van der Waals surface area contributed by atoms with E-state index in [1.54, 1.807) is 0 Å². The van der Waals surface area contributed by atoms with Crippen LogP contribution in [0, 0.1) is 5.41 Å². The van der Waals surface area contributed by atoms with Crippen LogP contribution in [0.1, 0.15) is 38.2 Å². The van der Waals surface area contributed by atoms with Crippen LogP contribution in [0.25, 0.3) is 10.9 Å². The van der Waals surface area contributed by atoms with Gasteiger partial charge in [0.05, 0.1) is 11.2 Å². The Morgan fingerprint density at radius 1 is 1.25 bits per heavy atom. The van der Waals surface area contributed by atoms with Crippen molar-refractivity contribution in [3.63, 3.8) is 0 Å². The lowest BCUT2D eigenvalue weighted by atomic mass is 9.88. The normalized spacial score (nSPS) is 13.2. The molecular formula is C15H19N3O2. The minimum absolute atomic E-state index is 0.000146. The molecule has 1 unspecified atom stereocenters. The molecule has 0 fully saturated rings. The van der Waals surface area contributed by atoms with Crippen molar-refractivity contribution in [3.8, 4) is 0 Å². The fourth-order valence-electron chi connectivity index (χ4n) is 1.78. The number of carboxylic acid groups (broad SMARTS) is 1. The Morgan fingerprint density at radius 3 is 2.50 bits per heavy atom. The van der Waals surface area contributed by atoms with Crippen LogP contribution in [0.5, 0.6) is 0 Å². The van der Waals surface area contributed by atoms with Crippen molar-refractivity contribution in [1.29, 1.82) is 0 Å². The average Bonchev–Trinajstić information content (AvgIpc) is 2.37. The molecule has 0 saturated heterocycles. The Balaban J connectivity index is 2.58. The van der Waals surface area contributed by atoms with Gasteiger partial charge in [-0.3, -0.25) is 0 Å². The fourth-order valence-corrected chi connectivity index (χ4v) is 1.78. The van der Waals surface area contributed by atoms with Gasteiger partial charge in [-0.2, -0.15) is 0 Å². The minimum atomic E-state index is -1.08. The van der Waals surface area contributed by atoms with E-state index < -0.39 is 5.97 Å². The van der Waals surface area contributed by atoms with E-state index in [4.69, 9.17) is 0 Å². The number of aromatic nitrogens is 2. The number of aromatic carboxylic acids is 1. The standard InChI is InChI=1S/C15H19N3O2/c1-9(15(2,3)4)16-12-10-7-5-6-8-11(10)17-18-13(12)14(19)20/h5-9H,1-4H3,(H,16,17)(H,19,20). The van der Waals surface area contributed by atoms with E-state index in [9.17, 15) is 9.90 Å². The molecule has 5 heteroatoms. The number of nitrogens with zero attached hydrogens (tertiary/aromatic N) is 2. The summed E-state index contributed by atoms with van der Waals surface area (Å²) >= 11 is 0. The van der Waals surface area contributed by atoms with Crippen LogP contribution in [-0.4, -0.2) is 27.3 Å². The summed E-state index contributed by atoms with van der Waals surface area (Å²) in [6.45, 7) is 8.33. The van der Waals surface area contributed by atoms with Gasteiger partial charge >= 0.3 is 5.97 Å². The fraction of sp³-hybridized carbons (Fsp3) is 0.400. The zero-order valence-corrected chi connectivity index (χ0v) is 12.1. The predicted octanol–water partition coefficient (Wildman–Crippen LogP) is 3.17. The third-order valence-electron chi connectivity index (χ3n) is 3.53. The van der Waals surface area contributed by atoms with Crippen molar-refractivity contribution >= 4 is 22.6 Å². The van der Waals surface area contributed by atoms with E-state index >= 15 is 0 Å². The number of carbonyl (C=O) groups is 1. The first-order valence-corrected chi connectivity index (χ1v) is 6.56. The number of rotatable bonds is 3. The smallest absolute Gasteiger partial charge is 0.358 e. The largest absolute Gasteiger partial charge is 0.476 e. The molecule has 0 radical (unpaired) electrons. The molecule has 0 saturated carbocycles. The van der Waals surface area contributed by atoms with Crippen molar-refractivity contribution < 1.29 is 9.90 Å². The van der Waals surface area contributed by atoms with Gasteiger partial charge in [0, 0.05) is 11.4 Å². The molecule has 20 heavy (non-hydrogen) atoms. The Kier molecular flexibility index (Phi) is 3.61. The third kappa shape index (κ3) is 2.71. The van der Waals surface area contributed by atoms with Crippen LogP contribution >= 0.6 is 0 Å². The molecule has 0 spiro atoms. The molecule has 106 valence electrons. The van der Waals surface area contributed by atoms with Crippen molar-refractivity contribution in [2.45, 2.75) is 33.7 Å². The first kappa shape index (κ1) is 14.2. The molecule has 1 aromatic heterocycles. The van der Waals surface area contributed by atoms with Crippen LogP contribution in [0.2, 0.25) is 0 Å². The summed E-state index contributed by atoms with van der Waals surface area (Å²) in [5.41, 5.74) is 1.17. The van der Waals surface area contributed by atoms with E-state index in [-0.39, 0.29) is 17.2 Å². The molecule has 0 bridgehead atoms. The lowest BCUT2D eigenvalue weighted by Crippen LogP contribution is -2.31. The molecule has 1 atom stereocenters. The van der Waals surface area contributed by atoms with E-state index in [1.807, 2.05) is 31.2 Å². The number of hydrogen-bond donors (Lipinski definition) is 2. The predicted molar refractivity (Wildman–Crippen MR) is 79.0 cm³/mol. The van der Waals surface area contributed by atoms with Gasteiger partial charge in [-0.15, -0.1) is 10.2 Å². The Bertz CT molecular complexity index is 647. The first-order chi connectivity index (χ1) is 9.30. The summed E-state index contributed by atoms with van der Waals surface area (Å²) in [6.07, 6.45) is 0. The van der Waals surface area contributed by atoms with Crippen molar-refractivity contribution in [3.05, 3.63) is 30.0 Å². The third-order valence-corrected chi connectivity index (χ3v) is 3.53. The Morgan fingerprint density at radius 2 is 1.90 bits per heavy atom. The summed E-state index contributed by atoms with van der Waals surface area (Å²) < 4.78 is 0. The first-order valence-electron chi connectivity index (χ1n) is 6.56. The number of nitrogens with one attached hydrogen (secondary N) is 1. The molecule has 1 heterocycles. The monoisotopic (exact) mass is 273 g/mol. The minimum Gasteiger partial charge on any atom is -0.476 e. The lowest BCUT2D eigenvalue weighted by Gasteiger charge is -2.29. The van der Waals surface area contributed by atoms with Crippen LogP contribution in [0.3, 0.4) is 0 Å². The van der Waals surface area contributed by atoms with Crippen molar-refractivity contribution in [2.75, 3.05) is 5.32 Å². The Hall–Kier alpha value is -2.17. The molecule has 5 nitrogen and oxygen atoms in total. The van der Waals surface area contributed by atoms with Gasteiger partial charge in [0.25, 0.3) is 0 Å². The maximum Gasteiger partial charge on any atom is 0.358 e. The van der Waals surface area contributed by atoms with Crippen molar-refractivity contribution in [2.24, 2.45) is 5.41 Å². The second kappa shape index (κ2) is 5.07. The van der Waals surface area contributed by atoms with Gasteiger partial charge in [0.1, 0.15) is 0 Å². The Labute approximate surface area is 118 Å². The van der Waals surface area contributed by atoms with Gasteiger partial charge in [0.2, 0.25) is 0 Å². The van der Waals surface area contributed by atoms with Gasteiger partial charge in [-0.05, 0) is 18.4 Å². The quantitative estimate of drug-likeness (QED) is 0.898. The number of benzene rings is 1. The molecule has 0 aliphatic heterocycles. The summed E-state index contributed by atoms with van der Waals surface area (Å²) in [5.74, 6) is -1.08. The topological polar surface area (TPSA) is 75.1 Å². The molecule has 2 aromatic rings. The van der Waals surface area contributed by atoms with Gasteiger partial charge < -0.3 is 10.4 Å². The van der Waals surface area contributed by atoms with Gasteiger partial charge in [-0.25, -0.2) is 4.79 Å². The zero-order chi connectivity index (χ0) is 14.9. The maximum absolute atomic E-state index is 11.4.